The molecule has 1 saturated carbocycles. The first-order valence-corrected chi connectivity index (χ1v) is 8.25. The van der Waals surface area contributed by atoms with Gasteiger partial charge in [-0.05, 0) is 31.1 Å². The Morgan fingerprint density at radius 1 is 1.43 bits per heavy atom. The van der Waals surface area contributed by atoms with Crippen LogP contribution in [0.25, 0.3) is 0 Å². The van der Waals surface area contributed by atoms with E-state index in [-0.39, 0.29) is 17.4 Å². The summed E-state index contributed by atoms with van der Waals surface area (Å²) in [6.45, 7) is 1.54. The molecule has 21 heavy (non-hydrogen) atoms. The maximum atomic E-state index is 12.4. The summed E-state index contributed by atoms with van der Waals surface area (Å²) in [5, 5.41) is 1.44. The number of alkyl halides is 3. The first-order valence-electron chi connectivity index (χ1n) is 5.96. The normalized spacial score (nSPS) is 15.8. The average Bonchev–Trinajstić information content (AvgIpc) is 3.10. The molecule has 0 saturated heterocycles. The molecule has 0 spiro atoms. The largest absolute Gasteiger partial charge is 0.534 e. The van der Waals surface area contributed by atoms with E-state index in [1.807, 2.05) is 0 Å². The summed E-state index contributed by atoms with van der Waals surface area (Å²) < 4.78 is 68.5. The Hall–Kier alpha value is -1.29. The van der Waals surface area contributed by atoms with Crippen molar-refractivity contribution in [3.63, 3.8) is 0 Å². The Bertz CT molecular complexity index is 643. The van der Waals surface area contributed by atoms with E-state index in [0.717, 1.165) is 11.3 Å². The molecule has 0 N–H and O–H groups in total. The molecule has 0 aliphatic heterocycles. The van der Waals surface area contributed by atoms with Crippen molar-refractivity contribution in [1.82, 2.24) is 0 Å². The fourth-order valence-corrected chi connectivity index (χ4v) is 3.13. The molecule has 1 aliphatic rings. The molecule has 118 valence electrons. The van der Waals surface area contributed by atoms with Gasteiger partial charge in [0.1, 0.15) is 0 Å². The molecule has 0 bridgehead atoms. The number of carbonyl (C=O) groups excluding carboxylic acids is 1. The highest BCUT2D eigenvalue weighted by atomic mass is 32.2. The molecule has 5 nitrogen and oxygen atoms in total. The molecule has 1 aliphatic carbocycles. The van der Waals surface area contributed by atoms with Crippen LogP contribution in [0.1, 0.15) is 40.9 Å². The van der Waals surface area contributed by atoms with Gasteiger partial charge in [-0.15, -0.1) is 11.3 Å². The molecule has 1 fully saturated rings. The zero-order valence-corrected chi connectivity index (χ0v) is 12.4. The number of hydrogen-bond acceptors (Lipinski definition) is 6. The lowest BCUT2D eigenvalue weighted by atomic mass is 10.2. The van der Waals surface area contributed by atoms with Crippen molar-refractivity contribution in [1.29, 1.82) is 0 Å². The van der Waals surface area contributed by atoms with Crippen molar-refractivity contribution >= 4 is 27.4 Å². The van der Waals surface area contributed by atoms with Crippen LogP contribution in [-0.4, -0.2) is 26.5 Å². The van der Waals surface area contributed by atoms with Crippen LogP contribution in [0.3, 0.4) is 0 Å². The molecule has 0 unspecified atom stereocenters. The molecule has 0 atom stereocenters. The molecule has 1 heterocycles. The minimum absolute atomic E-state index is 0.0148. The number of halogens is 3. The lowest BCUT2D eigenvalue weighted by Gasteiger charge is -2.11. The summed E-state index contributed by atoms with van der Waals surface area (Å²) in [6.07, 6.45) is 1.42. The van der Waals surface area contributed by atoms with Crippen LogP contribution in [0, 0.1) is 0 Å². The zero-order chi connectivity index (χ0) is 15.8. The Labute approximate surface area is 122 Å². The van der Waals surface area contributed by atoms with Crippen molar-refractivity contribution < 1.29 is 35.3 Å². The molecule has 0 aromatic carbocycles. The number of ether oxygens (including phenoxy) is 1. The number of thiophene rings is 1. The third kappa shape index (κ3) is 3.31. The van der Waals surface area contributed by atoms with Gasteiger partial charge in [-0.3, -0.25) is 0 Å². The average molecular weight is 344 g/mol. The predicted molar refractivity (Wildman–Crippen MR) is 67.9 cm³/mol. The molecular weight excluding hydrogens is 333 g/mol. The van der Waals surface area contributed by atoms with E-state index in [9.17, 15) is 26.4 Å². The maximum Gasteiger partial charge on any atom is 0.534 e. The quantitative estimate of drug-likeness (QED) is 0.466. The molecule has 1 aromatic heterocycles. The van der Waals surface area contributed by atoms with Crippen LogP contribution in [-0.2, 0) is 14.9 Å². The van der Waals surface area contributed by atoms with E-state index >= 15 is 0 Å². The van der Waals surface area contributed by atoms with Crippen LogP contribution in [0.2, 0.25) is 0 Å². The second-order valence-corrected chi connectivity index (χ2v) is 6.74. The fraction of sp³-hybridized carbons (Fsp3) is 0.545. The Kier molecular flexibility index (Phi) is 4.20. The van der Waals surface area contributed by atoms with Crippen LogP contribution in [0.4, 0.5) is 13.2 Å². The second kappa shape index (κ2) is 5.48. The standard InChI is InChI=1S/C11H11F3O5S2/c1-2-18-10(15)9-8(7(5-20-9)6-3-4-6)19-21(16,17)11(12,13)14/h5-6H,2-4H2,1H3. The number of esters is 1. The van der Waals surface area contributed by atoms with Crippen molar-refractivity contribution in [2.24, 2.45) is 0 Å². The zero-order valence-electron chi connectivity index (χ0n) is 10.8. The third-order valence-electron chi connectivity index (χ3n) is 2.73. The number of hydrogen-bond donors (Lipinski definition) is 0. The number of carbonyl (C=O) groups is 1. The van der Waals surface area contributed by atoms with E-state index in [1.54, 1.807) is 0 Å². The van der Waals surface area contributed by atoms with Crippen LogP contribution < -0.4 is 4.18 Å². The minimum Gasteiger partial charge on any atom is -0.462 e. The van der Waals surface area contributed by atoms with Gasteiger partial charge in [0.2, 0.25) is 0 Å². The van der Waals surface area contributed by atoms with Gasteiger partial charge >= 0.3 is 21.6 Å². The fourth-order valence-electron chi connectivity index (χ4n) is 1.62. The molecule has 10 heteroatoms. The van der Waals surface area contributed by atoms with E-state index in [0.29, 0.717) is 18.4 Å². The number of rotatable bonds is 5. The predicted octanol–water partition coefficient (Wildman–Crippen LogP) is 3.03. The molecule has 2 rings (SSSR count). The van der Waals surface area contributed by atoms with Gasteiger partial charge in [0.25, 0.3) is 0 Å². The lowest BCUT2D eigenvalue weighted by molar-refractivity contribution is -0.0500. The minimum atomic E-state index is -5.82. The van der Waals surface area contributed by atoms with Crippen LogP contribution in [0.5, 0.6) is 5.75 Å². The van der Waals surface area contributed by atoms with Crippen molar-refractivity contribution in [2.75, 3.05) is 6.61 Å². The summed E-state index contributed by atoms with van der Waals surface area (Å²) in [5.41, 5.74) is -5.25. The third-order valence-corrected chi connectivity index (χ3v) is 4.64. The lowest BCUT2D eigenvalue weighted by Crippen LogP contribution is -2.28. The van der Waals surface area contributed by atoms with Gasteiger partial charge in [-0.1, -0.05) is 0 Å². The first kappa shape index (κ1) is 16.1. The molecule has 1 aromatic rings. The summed E-state index contributed by atoms with van der Waals surface area (Å²) in [7, 11) is -5.82. The molecular formula is C11H11F3O5S2. The Morgan fingerprint density at radius 2 is 2.05 bits per heavy atom. The highest BCUT2D eigenvalue weighted by Crippen LogP contribution is 2.49. The van der Waals surface area contributed by atoms with Crippen molar-refractivity contribution in [3.8, 4) is 5.75 Å². The topological polar surface area (TPSA) is 69.7 Å². The van der Waals surface area contributed by atoms with E-state index in [4.69, 9.17) is 4.74 Å². The monoisotopic (exact) mass is 344 g/mol. The van der Waals surface area contributed by atoms with Gasteiger partial charge < -0.3 is 8.92 Å². The summed E-state index contributed by atoms with van der Waals surface area (Å²) in [6, 6.07) is 0. The van der Waals surface area contributed by atoms with E-state index < -0.39 is 27.3 Å². The maximum absolute atomic E-state index is 12.4. The van der Waals surface area contributed by atoms with Gasteiger partial charge in [0, 0.05) is 5.56 Å². The molecule has 0 amide bonds. The van der Waals surface area contributed by atoms with Gasteiger partial charge in [-0.2, -0.15) is 21.6 Å². The van der Waals surface area contributed by atoms with Gasteiger partial charge in [0.15, 0.2) is 10.6 Å². The van der Waals surface area contributed by atoms with Gasteiger partial charge in [0.05, 0.1) is 6.61 Å². The summed E-state index contributed by atoms with van der Waals surface area (Å²) in [5.74, 6) is -1.54. The summed E-state index contributed by atoms with van der Waals surface area (Å²) in [4.78, 5) is 11.4. The second-order valence-electron chi connectivity index (χ2n) is 4.33. The highest BCUT2D eigenvalue weighted by molar-refractivity contribution is 7.88. The summed E-state index contributed by atoms with van der Waals surface area (Å²) >= 11 is 0.813. The SMILES string of the molecule is CCOC(=O)c1scc(C2CC2)c1OS(=O)(=O)C(F)(F)F. The first-order chi connectivity index (χ1) is 9.67. The van der Waals surface area contributed by atoms with Crippen molar-refractivity contribution in [2.45, 2.75) is 31.2 Å². The Morgan fingerprint density at radius 3 is 2.52 bits per heavy atom. The van der Waals surface area contributed by atoms with Crippen molar-refractivity contribution in [3.05, 3.63) is 15.8 Å². The van der Waals surface area contributed by atoms with E-state index in [2.05, 4.69) is 4.18 Å². The Balaban J connectivity index is 2.40. The van der Waals surface area contributed by atoms with Crippen LogP contribution >= 0.6 is 11.3 Å². The molecule has 0 radical (unpaired) electrons. The highest BCUT2D eigenvalue weighted by Gasteiger charge is 2.50. The van der Waals surface area contributed by atoms with Gasteiger partial charge in [-0.25, -0.2) is 4.79 Å². The van der Waals surface area contributed by atoms with E-state index in [1.165, 1.54) is 12.3 Å². The van der Waals surface area contributed by atoms with Crippen LogP contribution in [0.15, 0.2) is 5.38 Å². The smallest absolute Gasteiger partial charge is 0.462 e.